The summed E-state index contributed by atoms with van der Waals surface area (Å²) in [4.78, 5) is 0.312. The highest BCUT2D eigenvalue weighted by Crippen LogP contribution is 2.57. The van der Waals surface area contributed by atoms with E-state index in [1.807, 2.05) is 0 Å². The van der Waals surface area contributed by atoms with Crippen LogP contribution >= 0.6 is 0 Å². The van der Waals surface area contributed by atoms with Gasteiger partial charge in [0, 0.05) is 5.69 Å². The van der Waals surface area contributed by atoms with Crippen LogP contribution in [0.1, 0.15) is 0 Å². The average molecular weight is 255 g/mol. The highest BCUT2D eigenvalue weighted by atomic mass is 19.4. The molecule has 17 heavy (non-hydrogen) atoms. The fraction of sp³-hybridized carbons (Fsp3) is 0.400. The number of hydrogen-bond acceptors (Lipinski definition) is 1. The molecule has 1 heterocycles. The number of benzene rings is 1. The van der Waals surface area contributed by atoms with Crippen molar-refractivity contribution in [3.8, 4) is 0 Å². The van der Waals surface area contributed by atoms with Gasteiger partial charge in [-0.25, -0.2) is 0 Å². The van der Waals surface area contributed by atoms with Gasteiger partial charge in [-0.2, -0.15) is 26.3 Å². The van der Waals surface area contributed by atoms with E-state index in [4.69, 9.17) is 0 Å². The summed E-state index contributed by atoms with van der Waals surface area (Å²) >= 11 is 0. The Kier molecular flexibility index (Phi) is 2.34. The number of nitrogens with zero attached hydrogens (tertiary/aromatic N) is 1. The molecule has 94 valence electrons. The van der Waals surface area contributed by atoms with Crippen LogP contribution in [-0.2, 0) is 0 Å². The van der Waals surface area contributed by atoms with Crippen molar-refractivity contribution >= 4 is 5.69 Å². The molecule has 1 aromatic carbocycles. The maximum absolute atomic E-state index is 12.6. The van der Waals surface area contributed by atoms with E-state index >= 15 is 0 Å². The van der Waals surface area contributed by atoms with Gasteiger partial charge in [0.1, 0.15) is 0 Å². The molecule has 1 aliphatic rings. The quantitative estimate of drug-likeness (QED) is 0.549. The lowest BCUT2D eigenvalue weighted by Crippen LogP contribution is -2.49. The van der Waals surface area contributed by atoms with Gasteiger partial charge < -0.3 is 4.90 Å². The summed E-state index contributed by atoms with van der Waals surface area (Å²) in [6.45, 7) is -1.08. The third-order valence-electron chi connectivity index (χ3n) is 2.75. The van der Waals surface area contributed by atoms with Crippen LogP contribution in [0.4, 0.5) is 32.0 Å². The normalized spacial score (nSPS) is 19.3. The Hall–Kier alpha value is -1.40. The van der Waals surface area contributed by atoms with Crippen LogP contribution in [0, 0.1) is 0 Å². The summed E-state index contributed by atoms with van der Waals surface area (Å²) in [6.07, 6.45) is -10.7. The first kappa shape index (κ1) is 12.1. The van der Waals surface area contributed by atoms with E-state index in [1.165, 1.54) is 30.3 Å². The van der Waals surface area contributed by atoms with Crippen LogP contribution in [0.15, 0.2) is 30.3 Å². The van der Waals surface area contributed by atoms with Gasteiger partial charge in [-0.15, -0.1) is 0 Å². The van der Waals surface area contributed by atoms with Crippen LogP contribution in [0.3, 0.4) is 0 Å². The summed E-state index contributed by atoms with van der Waals surface area (Å²) in [5.41, 5.74) is -3.80. The van der Waals surface area contributed by atoms with Gasteiger partial charge in [0.2, 0.25) is 5.54 Å². The van der Waals surface area contributed by atoms with Crippen molar-refractivity contribution in [1.29, 1.82) is 0 Å². The molecule has 0 atom stereocenters. The Balaban J connectivity index is 2.38. The number of alkyl halides is 6. The molecule has 1 saturated heterocycles. The average Bonchev–Trinajstić information content (AvgIpc) is 2.93. The summed E-state index contributed by atoms with van der Waals surface area (Å²) in [5.74, 6) is 0. The molecule has 0 N–H and O–H groups in total. The fourth-order valence-electron chi connectivity index (χ4n) is 1.76. The van der Waals surface area contributed by atoms with Crippen LogP contribution in [-0.4, -0.2) is 24.4 Å². The smallest absolute Gasteiger partial charge is 0.345 e. The van der Waals surface area contributed by atoms with E-state index in [-0.39, 0.29) is 5.69 Å². The monoisotopic (exact) mass is 255 g/mol. The van der Waals surface area contributed by atoms with Gasteiger partial charge in [0.25, 0.3) is 0 Å². The number of halogens is 6. The summed E-state index contributed by atoms with van der Waals surface area (Å²) < 4.78 is 75.4. The van der Waals surface area contributed by atoms with Crippen LogP contribution in [0.25, 0.3) is 0 Å². The number of rotatable bonds is 1. The minimum atomic E-state index is -5.33. The zero-order valence-corrected chi connectivity index (χ0v) is 8.31. The van der Waals surface area contributed by atoms with Crippen molar-refractivity contribution in [2.75, 3.05) is 11.4 Å². The molecule has 1 aliphatic heterocycles. The predicted octanol–water partition coefficient (Wildman–Crippen LogP) is 3.37. The highest BCUT2D eigenvalue weighted by molar-refractivity contribution is 5.59. The van der Waals surface area contributed by atoms with Gasteiger partial charge in [0.15, 0.2) is 0 Å². The Morgan fingerprint density at radius 3 is 1.71 bits per heavy atom. The zero-order valence-electron chi connectivity index (χ0n) is 8.31. The Labute approximate surface area is 92.6 Å². The molecule has 1 fully saturated rings. The van der Waals surface area contributed by atoms with E-state index < -0.39 is 24.4 Å². The lowest BCUT2D eigenvalue weighted by molar-refractivity contribution is -0.260. The number of para-hydroxylation sites is 1. The first-order valence-corrected chi connectivity index (χ1v) is 4.66. The topological polar surface area (TPSA) is 3.01 Å². The Bertz CT molecular complexity index is 393. The molecule has 0 aliphatic carbocycles. The minimum absolute atomic E-state index is 0.0813. The van der Waals surface area contributed by atoms with Crippen molar-refractivity contribution < 1.29 is 26.3 Å². The highest BCUT2D eigenvalue weighted by Gasteiger charge is 2.83. The van der Waals surface area contributed by atoms with Gasteiger partial charge in [-0.3, -0.25) is 0 Å². The van der Waals surface area contributed by atoms with E-state index in [0.717, 1.165) is 0 Å². The number of hydrogen-bond donors (Lipinski definition) is 0. The van der Waals surface area contributed by atoms with Gasteiger partial charge in [-0.05, 0) is 12.1 Å². The second-order valence-electron chi connectivity index (χ2n) is 3.78. The number of anilines is 1. The first-order chi connectivity index (χ1) is 7.70. The molecule has 0 aromatic heterocycles. The molecule has 0 spiro atoms. The SMILES string of the molecule is FC(F)(F)C1(C(F)(F)F)CN1c1ccccc1. The molecule has 0 saturated carbocycles. The first-order valence-electron chi connectivity index (χ1n) is 4.66. The lowest BCUT2D eigenvalue weighted by Gasteiger charge is -2.24. The third-order valence-corrected chi connectivity index (χ3v) is 2.75. The minimum Gasteiger partial charge on any atom is -0.345 e. The van der Waals surface area contributed by atoms with Crippen LogP contribution < -0.4 is 4.90 Å². The van der Waals surface area contributed by atoms with Crippen LogP contribution in [0.5, 0.6) is 0 Å². The van der Waals surface area contributed by atoms with Crippen molar-refractivity contribution in [1.82, 2.24) is 0 Å². The molecular weight excluding hydrogens is 248 g/mol. The van der Waals surface area contributed by atoms with Crippen molar-refractivity contribution in [3.63, 3.8) is 0 Å². The lowest BCUT2D eigenvalue weighted by atomic mass is 10.1. The molecule has 0 radical (unpaired) electrons. The van der Waals surface area contributed by atoms with Crippen molar-refractivity contribution in [2.24, 2.45) is 0 Å². The molecule has 0 bridgehead atoms. The van der Waals surface area contributed by atoms with E-state index in [0.29, 0.717) is 4.90 Å². The zero-order chi connectivity index (χ0) is 12.9. The summed E-state index contributed by atoms with van der Waals surface area (Å²) in [5, 5.41) is 0. The maximum Gasteiger partial charge on any atom is 0.422 e. The van der Waals surface area contributed by atoms with Gasteiger partial charge >= 0.3 is 12.4 Å². The maximum atomic E-state index is 12.6. The standard InChI is InChI=1S/C10H7F6N/c11-9(12,13)8(10(14,15)16)6-17(8)7-4-2-1-3-5-7/h1-5H,6H2. The second kappa shape index (κ2) is 3.30. The van der Waals surface area contributed by atoms with E-state index in [1.54, 1.807) is 0 Å². The molecule has 0 unspecified atom stereocenters. The summed E-state index contributed by atoms with van der Waals surface area (Å²) in [6, 6.07) is 6.75. The third kappa shape index (κ3) is 1.64. The van der Waals surface area contributed by atoms with Gasteiger partial charge in [-0.1, -0.05) is 18.2 Å². The molecule has 2 rings (SSSR count). The molecular formula is C10H7F6N. The molecule has 0 amide bonds. The summed E-state index contributed by atoms with van der Waals surface area (Å²) in [7, 11) is 0. The van der Waals surface area contributed by atoms with Crippen molar-refractivity contribution in [3.05, 3.63) is 30.3 Å². The predicted molar refractivity (Wildman–Crippen MR) is 48.6 cm³/mol. The van der Waals surface area contributed by atoms with Gasteiger partial charge in [0.05, 0.1) is 6.54 Å². The largest absolute Gasteiger partial charge is 0.422 e. The molecule has 1 aromatic rings. The Morgan fingerprint density at radius 1 is 0.882 bits per heavy atom. The fourth-order valence-corrected chi connectivity index (χ4v) is 1.76. The van der Waals surface area contributed by atoms with Crippen molar-refractivity contribution in [2.45, 2.75) is 17.9 Å². The Morgan fingerprint density at radius 2 is 1.35 bits per heavy atom. The molecule has 7 heteroatoms. The van der Waals surface area contributed by atoms with Crippen LogP contribution in [0.2, 0.25) is 0 Å². The molecule has 1 nitrogen and oxygen atoms in total. The second-order valence-corrected chi connectivity index (χ2v) is 3.78. The van der Waals surface area contributed by atoms with E-state index in [9.17, 15) is 26.3 Å². The van der Waals surface area contributed by atoms with E-state index in [2.05, 4.69) is 0 Å².